The summed E-state index contributed by atoms with van der Waals surface area (Å²) >= 11 is 0. The van der Waals surface area contributed by atoms with E-state index >= 15 is 0 Å². The molecule has 3 aliphatic rings. The second-order valence-electron chi connectivity index (χ2n) is 9.84. The Hall–Kier alpha value is -1.43. The number of aliphatic carboxylic acids is 1. The van der Waals surface area contributed by atoms with Gasteiger partial charge in [0, 0.05) is 25.0 Å². The summed E-state index contributed by atoms with van der Waals surface area (Å²) in [7, 11) is 0. The van der Waals surface area contributed by atoms with Gasteiger partial charge in [-0.15, -0.1) is 0 Å². The van der Waals surface area contributed by atoms with Crippen LogP contribution in [-0.2, 0) is 22.4 Å². The molecule has 0 amide bonds. The lowest BCUT2D eigenvalue weighted by Gasteiger charge is -2.42. The van der Waals surface area contributed by atoms with Gasteiger partial charge < -0.3 is 9.84 Å². The second kappa shape index (κ2) is 8.37. The van der Waals surface area contributed by atoms with Gasteiger partial charge in [0.2, 0.25) is 0 Å². The first-order chi connectivity index (χ1) is 13.9. The van der Waals surface area contributed by atoms with E-state index in [1.165, 1.54) is 25.7 Å². The van der Waals surface area contributed by atoms with Crippen LogP contribution in [0.1, 0.15) is 51.2 Å². The van der Waals surface area contributed by atoms with Gasteiger partial charge in [-0.1, -0.05) is 24.3 Å². The SMILES string of the molecule is CC(CO[C@@H]1C[C@@H](C(=O)O)N(C(C)C)C1)N1CCC2(CC1)Cc1ccccc1C2. The first-order valence-corrected chi connectivity index (χ1v) is 11.3. The third kappa shape index (κ3) is 4.37. The molecule has 0 aromatic heterocycles. The third-order valence-corrected chi connectivity index (χ3v) is 7.55. The molecule has 2 saturated heterocycles. The summed E-state index contributed by atoms with van der Waals surface area (Å²) in [5.74, 6) is -0.725. The number of carboxylic acid groups (broad SMARTS) is 1. The zero-order valence-electron chi connectivity index (χ0n) is 18.1. The third-order valence-electron chi connectivity index (χ3n) is 7.55. The van der Waals surface area contributed by atoms with Crippen molar-refractivity contribution in [3.05, 3.63) is 35.4 Å². The van der Waals surface area contributed by atoms with Crippen molar-refractivity contribution in [3.8, 4) is 0 Å². The topological polar surface area (TPSA) is 53.0 Å². The number of rotatable bonds is 6. The summed E-state index contributed by atoms with van der Waals surface area (Å²) in [6.45, 7) is 10.1. The van der Waals surface area contributed by atoms with Gasteiger partial charge >= 0.3 is 5.97 Å². The Morgan fingerprint density at radius 3 is 2.31 bits per heavy atom. The minimum absolute atomic E-state index is 0.0291. The van der Waals surface area contributed by atoms with Crippen LogP contribution in [0.2, 0.25) is 0 Å². The zero-order chi connectivity index (χ0) is 20.6. The highest BCUT2D eigenvalue weighted by Crippen LogP contribution is 2.44. The zero-order valence-corrected chi connectivity index (χ0v) is 18.1. The molecule has 0 bridgehead atoms. The second-order valence-corrected chi connectivity index (χ2v) is 9.84. The summed E-state index contributed by atoms with van der Waals surface area (Å²) in [5.41, 5.74) is 3.58. The fourth-order valence-corrected chi connectivity index (χ4v) is 5.70. The number of likely N-dealkylation sites (tertiary alicyclic amines) is 2. The standard InChI is InChI=1S/C24H36N2O3/c1-17(2)26-15-21(12-22(26)23(27)28)29-16-18(3)25-10-8-24(9-11-25)13-19-6-4-5-7-20(19)14-24/h4-7,17-18,21-22H,8-16H2,1-3H3,(H,27,28)/t18?,21-,22+/m1/s1. The molecule has 160 valence electrons. The van der Waals surface area contributed by atoms with E-state index in [0.29, 0.717) is 24.5 Å². The van der Waals surface area contributed by atoms with Crippen LogP contribution in [0.5, 0.6) is 0 Å². The normalized spacial score (nSPS) is 28.1. The Labute approximate surface area is 175 Å². The summed E-state index contributed by atoms with van der Waals surface area (Å²) in [4.78, 5) is 16.2. The molecule has 1 aromatic rings. The molecule has 2 fully saturated rings. The minimum Gasteiger partial charge on any atom is -0.480 e. The average Bonchev–Trinajstić information content (AvgIpc) is 3.28. The highest BCUT2D eigenvalue weighted by atomic mass is 16.5. The van der Waals surface area contributed by atoms with Crippen molar-refractivity contribution >= 4 is 5.97 Å². The predicted octanol–water partition coefficient (Wildman–Crippen LogP) is 3.21. The molecule has 4 rings (SSSR count). The van der Waals surface area contributed by atoms with Crippen LogP contribution in [-0.4, -0.2) is 71.3 Å². The van der Waals surface area contributed by atoms with E-state index in [0.717, 1.165) is 19.6 Å². The van der Waals surface area contributed by atoms with Crippen LogP contribution < -0.4 is 0 Å². The largest absolute Gasteiger partial charge is 0.480 e. The van der Waals surface area contributed by atoms with Gasteiger partial charge in [-0.05, 0) is 76.1 Å². The molecule has 29 heavy (non-hydrogen) atoms. The van der Waals surface area contributed by atoms with Gasteiger partial charge in [0.15, 0.2) is 0 Å². The van der Waals surface area contributed by atoms with Crippen LogP contribution in [0.4, 0.5) is 0 Å². The molecular weight excluding hydrogens is 364 g/mol. The highest BCUT2D eigenvalue weighted by Gasteiger charge is 2.41. The fraction of sp³-hybridized carbons (Fsp3) is 0.708. The summed E-state index contributed by atoms with van der Waals surface area (Å²) in [5, 5.41) is 9.49. The first-order valence-electron chi connectivity index (χ1n) is 11.3. The molecule has 0 saturated carbocycles. The van der Waals surface area contributed by atoms with Gasteiger partial charge in [-0.2, -0.15) is 0 Å². The molecular formula is C24H36N2O3. The molecule has 3 atom stereocenters. The predicted molar refractivity (Wildman–Crippen MR) is 114 cm³/mol. The lowest BCUT2D eigenvalue weighted by Crippen LogP contribution is -2.46. The lowest BCUT2D eigenvalue weighted by molar-refractivity contribution is -0.142. The molecule has 1 unspecified atom stereocenters. The average molecular weight is 401 g/mol. The molecule has 2 heterocycles. The van der Waals surface area contributed by atoms with E-state index in [1.54, 1.807) is 11.1 Å². The quantitative estimate of drug-likeness (QED) is 0.795. The van der Waals surface area contributed by atoms with Crippen LogP contribution in [0.25, 0.3) is 0 Å². The van der Waals surface area contributed by atoms with Crippen LogP contribution in [0.3, 0.4) is 0 Å². The van der Waals surface area contributed by atoms with E-state index in [2.05, 4.69) is 54.8 Å². The summed E-state index contributed by atoms with van der Waals surface area (Å²) in [6, 6.07) is 9.16. The first kappa shape index (κ1) is 20.8. The van der Waals surface area contributed by atoms with E-state index < -0.39 is 12.0 Å². The maximum absolute atomic E-state index is 11.5. The Morgan fingerprint density at radius 1 is 1.17 bits per heavy atom. The summed E-state index contributed by atoms with van der Waals surface area (Å²) < 4.78 is 6.20. The van der Waals surface area contributed by atoms with E-state index in [-0.39, 0.29) is 12.1 Å². The van der Waals surface area contributed by atoms with E-state index in [4.69, 9.17) is 4.74 Å². The van der Waals surface area contributed by atoms with Gasteiger partial charge in [0.25, 0.3) is 0 Å². The number of benzene rings is 1. The number of carbonyl (C=O) groups is 1. The van der Waals surface area contributed by atoms with Crippen LogP contribution in [0.15, 0.2) is 24.3 Å². The maximum atomic E-state index is 11.5. The molecule has 5 heteroatoms. The molecule has 2 aliphatic heterocycles. The van der Waals surface area contributed by atoms with Gasteiger partial charge in [-0.25, -0.2) is 0 Å². The Balaban J connectivity index is 1.25. The smallest absolute Gasteiger partial charge is 0.321 e. The van der Waals surface area contributed by atoms with Gasteiger partial charge in [0.1, 0.15) is 6.04 Å². The van der Waals surface area contributed by atoms with Crippen molar-refractivity contribution in [1.29, 1.82) is 0 Å². The van der Waals surface area contributed by atoms with Gasteiger partial charge in [-0.3, -0.25) is 14.6 Å². The number of fused-ring (bicyclic) bond motifs is 1. The Kier molecular flexibility index (Phi) is 6.01. The van der Waals surface area contributed by atoms with Crippen molar-refractivity contribution in [2.24, 2.45) is 5.41 Å². The molecule has 1 spiro atoms. The number of piperidine rings is 1. The van der Waals surface area contributed by atoms with Crippen LogP contribution in [0, 0.1) is 5.41 Å². The maximum Gasteiger partial charge on any atom is 0.321 e. The number of carboxylic acids is 1. The van der Waals surface area contributed by atoms with Crippen molar-refractivity contribution < 1.29 is 14.6 Å². The monoisotopic (exact) mass is 400 g/mol. The van der Waals surface area contributed by atoms with Crippen molar-refractivity contribution in [1.82, 2.24) is 9.80 Å². The lowest BCUT2D eigenvalue weighted by atomic mass is 9.75. The van der Waals surface area contributed by atoms with Gasteiger partial charge in [0.05, 0.1) is 12.7 Å². The molecule has 1 aliphatic carbocycles. The van der Waals surface area contributed by atoms with Crippen molar-refractivity contribution in [2.75, 3.05) is 26.2 Å². The van der Waals surface area contributed by atoms with Crippen molar-refractivity contribution in [3.63, 3.8) is 0 Å². The number of nitrogens with zero attached hydrogens (tertiary/aromatic N) is 2. The number of ether oxygens (including phenoxy) is 1. The minimum atomic E-state index is -0.725. The highest BCUT2D eigenvalue weighted by molar-refractivity contribution is 5.74. The number of hydrogen-bond donors (Lipinski definition) is 1. The molecule has 1 N–H and O–H groups in total. The Bertz CT molecular complexity index is 700. The Morgan fingerprint density at radius 2 is 1.79 bits per heavy atom. The van der Waals surface area contributed by atoms with Crippen molar-refractivity contribution in [2.45, 2.75) is 77.1 Å². The fourth-order valence-electron chi connectivity index (χ4n) is 5.70. The van der Waals surface area contributed by atoms with Crippen LogP contribution >= 0.6 is 0 Å². The molecule has 0 radical (unpaired) electrons. The van der Waals surface area contributed by atoms with E-state index in [1.807, 2.05) is 0 Å². The summed E-state index contributed by atoms with van der Waals surface area (Å²) in [6.07, 6.45) is 5.63. The number of hydrogen-bond acceptors (Lipinski definition) is 4. The molecule has 1 aromatic carbocycles. The van der Waals surface area contributed by atoms with E-state index in [9.17, 15) is 9.90 Å². The molecule has 5 nitrogen and oxygen atoms in total.